The van der Waals surface area contributed by atoms with Crippen LogP contribution in [0, 0.1) is 6.92 Å². The van der Waals surface area contributed by atoms with Crippen molar-refractivity contribution in [1.82, 2.24) is 4.98 Å². The van der Waals surface area contributed by atoms with Gasteiger partial charge in [0.15, 0.2) is 0 Å². The van der Waals surface area contributed by atoms with Gasteiger partial charge in [0, 0.05) is 12.2 Å². The molecule has 0 aliphatic carbocycles. The van der Waals surface area contributed by atoms with Gasteiger partial charge < -0.3 is 15.2 Å². The highest BCUT2D eigenvalue weighted by Gasteiger charge is 2.11. The maximum Gasteiger partial charge on any atom is 0.339 e. The van der Waals surface area contributed by atoms with Crippen molar-refractivity contribution in [3.63, 3.8) is 0 Å². The van der Waals surface area contributed by atoms with Crippen LogP contribution >= 0.6 is 0 Å². The maximum absolute atomic E-state index is 11.1. The summed E-state index contributed by atoms with van der Waals surface area (Å²) in [5.41, 5.74) is 1.92. The van der Waals surface area contributed by atoms with Crippen LogP contribution in [0.1, 0.15) is 21.6 Å². The predicted molar refractivity (Wildman–Crippen MR) is 76.3 cm³/mol. The summed E-state index contributed by atoms with van der Waals surface area (Å²) in [5.74, 6) is 0.144. The summed E-state index contributed by atoms with van der Waals surface area (Å²) in [4.78, 5) is 15.4. The molecule has 0 amide bonds. The molecule has 104 valence electrons. The summed E-state index contributed by atoms with van der Waals surface area (Å²) in [7, 11) is 1.61. The molecule has 20 heavy (non-hydrogen) atoms. The number of aryl methyl sites for hydroxylation is 1. The SMILES string of the molecule is COc1cccc(CNc2nc(C)ccc2C(=O)O)c1. The third-order valence-corrected chi connectivity index (χ3v) is 2.86. The Bertz CT molecular complexity index is 626. The number of nitrogens with zero attached hydrogens (tertiary/aromatic N) is 1. The first-order chi connectivity index (χ1) is 9.60. The van der Waals surface area contributed by atoms with Crippen LogP contribution < -0.4 is 10.1 Å². The van der Waals surface area contributed by atoms with E-state index >= 15 is 0 Å². The lowest BCUT2D eigenvalue weighted by Crippen LogP contribution is -2.09. The van der Waals surface area contributed by atoms with Gasteiger partial charge >= 0.3 is 5.97 Å². The van der Waals surface area contributed by atoms with Crippen molar-refractivity contribution >= 4 is 11.8 Å². The van der Waals surface area contributed by atoms with Gasteiger partial charge in [-0.2, -0.15) is 0 Å². The van der Waals surface area contributed by atoms with Crippen LogP contribution in [-0.2, 0) is 6.54 Å². The van der Waals surface area contributed by atoms with E-state index < -0.39 is 5.97 Å². The Morgan fingerprint density at radius 3 is 2.85 bits per heavy atom. The summed E-state index contributed by atoms with van der Waals surface area (Å²) >= 11 is 0. The number of anilines is 1. The van der Waals surface area contributed by atoms with E-state index in [4.69, 9.17) is 9.84 Å². The number of methoxy groups -OCH3 is 1. The van der Waals surface area contributed by atoms with Crippen molar-refractivity contribution in [1.29, 1.82) is 0 Å². The number of carboxylic acids is 1. The van der Waals surface area contributed by atoms with Crippen molar-refractivity contribution in [2.75, 3.05) is 12.4 Å². The van der Waals surface area contributed by atoms with Crippen molar-refractivity contribution in [3.05, 3.63) is 53.2 Å². The minimum absolute atomic E-state index is 0.165. The van der Waals surface area contributed by atoms with Gasteiger partial charge in [0.05, 0.1) is 7.11 Å². The number of nitrogens with one attached hydrogen (secondary N) is 1. The summed E-state index contributed by atoms with van der Waals surface area (Å²) in [5, 5.41) is 12.2. The Labute approximate surface area is 117 Å². The summed E-state index contributed by atoms with van der Waals surface area (Å²) in [6, 6.07) is 10.8. The number of benzene rings is 1. The zero-order valence-electron chi connectivity index (χ0n) is 11.4. The van der Waals surface area contributed by atoms with Crippen molar-refractivity contribution in [2.45, 2.75) is 13.5 Å². The molecule has 0 saturated heterocycles. The van der Waals surface area contributed by atoms with Gasteiger partial charge in [-0.15, -0.1) is 0 Å². The van der Waals surface area contributed by atoms with Gasteiger partial charge in [-0.3, -0.25) is 0 Å². The van der Waals surface area contributed by atoms with Crippen LogP contribution in [-0.4, -0.2) is 23.2 Å². The fourth-order valence-electron chi connectivity index (χ4n) is 1.83. The average Bonchev–Trinajstić information content (AvgIpc) is 2.45. The summed E-state index contributed by atoms with van der Waals surface area (Å²) < 4.78 is 5.15. The van der Waals surface area contributed by atoms with E-state index in [2.05, 4.69) is 10.3 Å². The third-order valence-electron chi connectivity index (χ3n) is 2.86. The van der Waals surface area contributed by atoms with E-state index in [-0.39, 0.29) is 5.56 Å². The Morgan fingerprint density at radius 2 is 2.15 bits per heavy atom. The van der Waals surface area contributed by atoms with Crippen molar-refractivity contribution < 1.29 is 14.6 Å². The molecule has 0 fully saturated rings. The first-order valence-electron chi connectivity index (χ1n) is 6.18. The Morgan fingerprint density at radius 1 is 1.35 bits per heavy atom. The van der Waals surface area contributed by atoms with E-state index in [1.807, 2.05) is 31.2 Å². The number of carboxylic acid groups (broad SMARTS) is 1. The fourth-order valence-corrected chi connectivity index (χ4v) is 1.83. The van der Waals surface area contributed by atoms with Gasteiger partial charge in [-0.05, 0) is 36.8 Å². The predicted octanol–water partition coefficient (Wildman–Crippen LogP) is 2.71. The number of pyridine rings is 1. The first kappa shape index (κ1) is 13.9. The quantitative estimate of drug-likeness (QED) is 0.875. The molecule has 0 spiro atoms. The maximum atomic E-state index is 11.1. The molecule has 2 aromatic rings. The molecule has 2 N–H and O–H groups in total. The molecular weight excluding hydrogens is 256 g/mol. The molecule has 5 nitrogen and oxygen atoms in total. The molecule has 0 aliphatic heterocycles. The van der Waals surface area contributed by atoms with Gasteiger partial charge in [0.1, 0.15) is 17.1 Å². The van der Waals surface area contributed by atoms with E-state index in [0.717, 1.165) is 17.0 Å². The van der Waals surface area contributed by atoms with Gasteiger partial charge in [-0.1, -0.05) is 12.1 Å². The number of aromatic nitrogens is 1. The van der Waals surface area contributed by atoms with Gasteiger partial charge in [0.2, 0.25) is 0 Å². The molecule has 0 aliphatic rings. The highest BCUT2D eigenvalue weighted by atomic mass is 16.5. The molecule has 5 heteroatoms. The average molecular weight is 272 g/mol. The zero-order valence-corrected chi connectivity index (χ0v) is 11.4. The molecule has 0 unspecified atom stereocenters. The van der Waals surface area contributed by atoms with Crippen LogP contribution in [0.5, 0.6) is 5.75 Å². The molecule has 1 aromatic carbocycles. The van der Waals surface area contributed by atoms with Crippen LogP contribution in [0.3, 0.4) is 0 Å². The molecule has 0 bridgehead atoms. The highest BCUT2D eigenvalue weighted by molar-refractivity contribution is 5.93. The second kappa shape index (κ2) is 6.06. The number of carbonyl (C=O) groups is 1. The minimum Gasteiger partial charge on any atom is -0.497 e. The number of hydrogen-bond acceptors (Lipinski definition) is 4. The van der Waals surface area contributed by atoms with E-state index in [1.165, 1.54) is 0 Å². The molecule has 0 radical (unpaired) electrons. The molecule has 0 atom stereocenters. The van der Waals surface area contributed by atoms with E-state index in [1.54, 1.807) is 19.2 Å². The van der Waals surface area contributed by atoms with E-state index in [0.29, 0.717) is 12.4 Å². The molecule has 1 aromatic heterocycles. The lowest BCUT2D eigenvalue weighted by atomic mass is 10.2. The molecule has 0 saturated carbocycles. The van der Waals surface area contributed by atoms with Crippen LogP contribution in [0.2, 0.25) is 0 Å². The molecule has 2 rings (SSSR count). The summed E-state index contributed by atoms with van der Waals surface area (Å²) in [6.07, 6.45) is 0. The Hall–Kier alpha value is -2.56. The molecular formula is C15H16N2O3. The second-order valence-corrected chi connectivity index (χ2v) is 4.36. The lowest BCUT2D eigenvalue weighted by Gasteiger charge is -2.10. The largest absolute Gasteiger partial charge is 0.497 e. The number of aromatic carboxylic acids is 1. The van der Waals surface area contributed by atoms with Crippen molar-refractivity contribution in [2.24, 2.45) is 0 Å². The van der Waals surface area contributed by atoms with Crippen LogP contribution in [0.25, 0.3) is 0 Å². The summed E-state index contributed by atoms with van der Waals surface area (Å²) in [6.45, 7) is 2.30. The van der Waals surface area contributed by atoms with Gasteiger partial charge in [0.25, 0.3) is 0 Å². The smallest absolute Gasteiger partial charge is 0.339 e. The lowest BCUT2D eigenvalue weighted by molar-refractivity contribution is 0.0697. The monoisotopic (exact) mass is 272 g/mol. The zero-order chi connectivity index (χ0) is 14.5. The number of rotatable bonds is 5. The van der Waals surface area contributed by atoms with Gasteiger partial charge in [-0.25, -0.2) is 9.78 Å². The normalized spacial score (nSPS) is 10.1. The van der Waals surface area contributed by atoms with E-state index in [9.17, 15) is 4.79 Å². The Balaban J connectivity index is 2.17. The van der Waals surface area contributed by atoms with Crippen molar-refractivity contribution in [3.8, 4) is 5.75 Å². The standard InChI is InChI=1S/C15H16N2O3/c1-10-6-7-13(15(18)19)14(17-10)16-9-11-4-3-5-12(8-11)20-2/h3-8H,9H2,1-2H3,(H,16,17)(H,18,19). The highest BCUT2D eigenvalue weighted by Crippen LogP contribution is 2.17. The first-order valence-corrected chi connectivity index (χ1v) is 6.18. The van der Waals surface area contributed by atoms with Crippen LogP contribution in [0.4, 0.5) is 5.82 Å². The molecule has 1 heterocycles. The topological polar surface area (TPSA) is 71.5 Å². The second-order valence-electron chi connectivity index (χ2n) is 4.36. The number of ether oxygens (including phenoxy) is 1. The minimum atomic E-state index is -0.995. The van der Waals surface area contributed by atoms with Crippen LogP contribution in [0.15, 0.2) is 36.4 Å². The Kier molecular flexibility index (Phi) is 4.20. The number of hydrogen-bond donors (Lipinski definition) is 2. The fraction of sp³-hybridized carbons (Fsp3) is 0.200. The third kappa shape index (κ3) is 3.26.